The lowest BCUT2D eigenvalue weighted by Crippen LogP contribution is -2.18. The molecule has 0 fully saturated rings. The summed E-state index contributed by atoms with van der Waals surface area (Å²) in [5.41, 5.74) is 14.1. The van der Waals surface area contributed by atoms with E-state index < -0.39 is 0 Å². The van der Waals surface area contributed by atoms with Crippen molar-refractivity contribution in [3.05, 3.63) is 168 Å². The molecule has 0 unspecified atom stereocenters. The number of para-hydroxylation sites is 1. The van der Waals surface area contributed by atoms with Crippen LogP contribution in [0.4, 0.5) is 11.4 Å². The van der Waals surface area contributed by atoms with E-state index in [1.807, 2.05) is 18.3 Å². The monoisotopic (exact) mass is 554 g/mol. The fourth-order valence-corrected chi connectivity index (χ4v) is 6.40. The number of anilines is 2. The van der Waals surface area contributed by atoms with Gasteiger partial charge in [-0.1, -0.05) is 103 Å². The molecule has 6 aromatic rings. The van der Waals surface area contributed by atoms with Gasteiger partial charge in [-0.25, -0.2) is 0 Å². The molecule has 0 radical (unpaired) electrons. The van der Waals surface area contributed by atoms with Crippen LogP contribution < -0.4 is 4.90 Å². The minimum absolute atomic E-state index is 0.755. The molecule has 0 amide bonds. The number of hydrogen-bond acceptors (Lipinski definition) is 3. The number of furan rings is 1. The third-order valence-corrected chi connectivity index (χ3v) is 8.53. The number of fused-ring (bicyclic) bond motifs is 3. The molecule has 8 rings (SSSR count). The molecule has 0 spiro atoms. The fraction of sp³-hybridized carbons (Fsp3) is 0.0750. The van der Waals surface area contributed by atoms with Gasteiger partial charge in [0.1, 0.15) is 11.3 Å². The standard InChI is InChI=1S/C40H30N2O/c1-3-10-28(11-4-1)30-17-19-32(20-18-30)35-14-7-8-15-37(35)42(33-23-21-31(22-24-33)29-12-5-2-6-13-29)34-26-36-39(27-34)43-38-16-9-25-41-40(36)38/h1-17,19,21-25,27H,18,20,26H2. The van der Waals surface area contributed by atoms with Crippen LogP contribution in [-0.2, 0) is 6.42 Å². The summed E-state index contributed by atoms with van der Waals surface area (Å²) >= 11 is 0. The molecule has 2 heterocycles. The van der Waals surface area contributed by atoms with Gasteiger partial charge < -0.3 is 9.32 Å². The van der Waals surface area contributed by atoms with Crippen LogP contribution in [0.15, 0.2) is 150 Å². The Morgan fingerprint density at radius 2 is 1.28 bits per heavy atom. The number of benzene rings is 4. The third kappa shape index (κ3) is 4.69. The molecule has 206 valence electrons. The Morgan fingerprint density at radius 1 is 0.605 bits per heavy atom. The molecule has 43 heavy (non-hydrogen) atoms. The first-order valence-corrected chi connectivity index (χ1v) is 14.9. The number of hydrogen-bond donors (Lipinski definition) is 0. The predicted octanol–water partition coefficient (Wildman–Crippen LogP) is 10.5. The Morgan fingerprint density at radius 3 is 2.05 bits per heavy atom. The van der Waals surface area contributed by atoms with Crippen molar-refractivity contribution in [2.24, 2.45) is 0 Å². The maximum atomic E-state index is 6.26. The van der Waals surface area contributed by atoms with E-state index in [1.54, 1.807) is 0 Å². The van der Waals surface area contributed by atoms with E-state index in [0.29, 0.717) is 0 Å². The Labute approximate surface area is 251 Å². The van der Waals surface area contributed by atoms with Crippen molar-refractivity contribution in [1.82, 2.24) is 4.98 Å². The molecule has 3 nitrogen and oxygen atoms in total. The van der Waals surface area contributed by atoms with Crippen molar-refractivity contribution >= 4 is 39.7 Å². The van der Waals surface area contributed by atoms with Crippen LogP contribution in [0.2, 0.25) is 0 Å². The van der Waals surface area contributed by atoms with Crippen molar-refractivity contribution in [1.29, 1.82) is 0 Å². The van der Waals surface area contributed by atoms with E-state index in [2.05, 4.69) is 137 Å². The Bertz CT molecular complexity index is 2030. The molecule has 3 heteroatoms. The number of aromatic nitrogens is 1. The van der Waals surface area contributed by atoms with E-state index >= 15 is 0 Å². The lowest BCUT2D eigenvalue weighted by Gasteiger charge is -2.30. The molecule has 0 bridgehead atoms. The first kappa shape index (κ1) is 25.3. The number of allylic oxidation sites excluding steroid dienone is 5. The molecule has 2 aliphatic rings. The summed E-state index contributed by atoms with van der Waals surface area (Å²) in [6.07, 6.45) is 11.4. The van der Waals surface area contributed by atoms with Crippen LogP contribution in [-0.4, -0.2) is 4.98 Å². The zero-order valence-electron chi connectivity index (χ0n) is 23.8. The van der Waals surface area contributed by atoms with E-state index in [-0.39, 0.29) is 0 Å². The van der Waals surface area contributed by atoms with Gasteiger partial charge in [-0.15, -0.1) is 0 Å². The lowest BCUT2D eigenvalue weighted by atomic mass is 9.89. The highest BCUT2D eigenvalue weighted by Gasteiger charge is 2.28. The van der Waals surface area contributed by atoms with Crippen LogP contribution >= 0.6 is 0 Å². The first-order chi connectivity index (χ1) is 21.3. The van der Waals surface area contributed by atoms with Gasteiger partial charge in [0.25, 0.3) is 0 Å². The van der Waals surface area contributed by atoms with E-state index in [0.717, 1.165) is 47.4 Å². The molecular formula is C40H30N2O. The van der Waals surface area contributed by atoms with Crippen LogP contribution in [0.25, 0.3) is 39.4 Å². The molecule has 2 aromatic heterocycles. The van der Waals surface area contributed by atoms with Gasteiger partial charge in [0.05, 0.1) is 5.69 Å². The van der Waals surface area contributed by atoms with Crippen LogP contribution in [0.3, 0.4) is 0 Å². The largest absolute Gasteiger partial charge is 0.455 e. The van der Waals surface area contributed by atoms with E-state index in [1.165, 1.54) is 44.8 Å². The van der Waals surface area contributed by atoms with Gasteiger partial charge in [0, 0.05) is 41.2 Å². The Balaban J connectivity index is 1.22. The molecule has 4 aromatic carbocycles. The van der Waals surface area contributed by atoms with Gasteiger partial charge in [-0.2, -0.15) is 0 Å². The number of pyridine rings is 1. The van der Waals surface area contributed by atoms with Gasteiger partial charge >= 0.3 is 0 Å². The second kappa shape index (κ2) is 10.8. The van der Waals surface area contributed by atoms with Crippen LogP contribution in [0.5, 0.6) is 0 Å². The zero-order chi connectivity index (χ0) is 28.6. The summed E-state index contributed by atoms with van der Waals surface area (Å²) in [7, 11) is 0. The normalized spacial score (nSPS) is 14.2. The molecule has 0 saturated carbocycles. The van der Waals surface area contributed by atoms with Crippen molar-refractivity contribution in [2.45, 2.75) is 19.3 Å². The van der Waals surface area contributed by atoms with Crippen LogP contribution in [0, 0.1) is 0 Å². The van der Waals surface area contributed by atoms with Gasteiger partial charge in [-0.05, 0) is 71.0 Å². The number of nitrogens with zero attached hydrogens (tertiary/aromatic N) is 2. The highest BCUT2D eigenvalue weighted by Crippen LogP contribution is 2.44. The van der Waals surface area contributed by atoms with E-state index in [4.69, 9.17) is 4.42 Å². The minimum Gasteiger partial charge on any atom is -0.455 e. The highest BCUT2D eigenvalue weighted by molar-refractivity contribution is 5.90. The smallest absolute Gasteiger partial charge is 0.153 e. The molecule has 0 N–H and O–H groups in total. The fourth-order valence-electron chi connectivity index (χ4n) is 6.40. The maximum absolute atomic E-state index is 6.26. The minimum atomic E-state index is 0.755. The molecule has 0 aliphatic heterocycles. The summed E-state index contributed by atoms with van der Waals surface area (Å²) in [6, 6.07) is 42.9. The average molecular weight is 555 g/mol. The lowest BCUT2D eigenvalue weighted by molar-refractivity contribution is 0.602. The van der Waals surface area contributed by atoms with E-state index in [9.17, 15) is 0 Å². The average Bonchev–Trinajstić information content (AvgIpc) is 3.65. The van der Waals surface area contributed by atoms with Gasteiger partial charge in [0.2, 0.25) is 0 Å². The zero-order valence-corrected chi connectivity index (χ0v) is 23.8. The second-order valence-electron chi connectivity index (χ2n) is 11.1. The second-order valence-corrected chi connectivity index (χ2v) is 11.1. The summed E-state index contributed by atoms with van der Waals surface area (Å²) in [5.74, 6) is 0.902. The summed E-state index contributed by atoms with van der Waals surface area (Å²) in [4.78, 5) is 7.07. The van der Waals surface area contributed by atoms with Crippen molar-refractivity contribution < 1.29 is 4.42 Å². The van der Waals surface area contributed by atoms with Crippen LogP contribution in [0.1, 0.15) is 35.3 Å². The molecular weight excluding hydrogens is 524 g/mol. The van der Waals surface area contributed by atoms with Gasteiger partial charge in [0.15, 0.2) is 5.58 Å². The SMILES string of the molecule is C1=C(c2ccccc2)CCC(c2ccccc2N(C2=Cc3oc4cccnc4c3C2)c2ccc(-c3ccccc3)cc2)=C1. The summed E-state index contributed by atoms with van der Waals surface area (Å²) in [6.45, 7) is 0. The first-order valence-electron chi connectivity index (χ1n) is 14.9. The molecule has 0 atom stereocenters. The van der Waals surface area contributed by atoms with Crippen molar-refractivity contribution in [3.8, 4) is 11.1 Å². The highest BCUT2D eigenvalue weighted by atomic mass is 16.3. The van der Waals surface area contributed by atoms with Gasteiger partial charge in [-0.3, -0.25) is 4.98 Å². The molecule has 0 saturated heterocycles. The maximum Gasteiger partial charge on any atom is 0.153 e. The topological polar surface area (TPSA) is 29.3 Å². The van der Waals surface area contributed by atoms with Crippen molar-refractivity contribution in [2.75, 3.05) is 4.90 Å². The Hall–Kier alpha value is -5.41. The predicted molar refractivity (Wildman–Crippen MR) is 178 cm³/mol. The van der Waals surface area contributed by atoms with Crippen molar-refractivity contribution in [3.63, 3.8) is 0 Å². The molecule has 2 aliphatic carbocycles. The Kier molecular flexibility index (Phi) is 6.34. The quantitative estimate of drug-likeness (QED) is 0.205. The third-order valence-electron chi connectivity index (χ3n) is 8.53. The summed E-state index contributed by atoms with van der Waals surface area (Å²) < 4.78 is 6.26. The number of rotatable bonds is 6. The summed E-state index contributed by atoms with van der Waals surface area (Å²) in [5, 5.41) is 0.